The molecule has 2 fully saturated rings. The zero-order chi connectivity index (χ0) is 19.8. The average Bonchev–Trinajstić information content (AvgIpc) is 3.26. The van der Waals surface area contributed by atoms with E-state index in [0.717, 1.165) is 81.6 Å². The fourth-order valence-corrected chi connectivity index (χ4v) is 3.75. The van der Waals surface area contributed by atoms with Gasteiger partial charge in [0.15, 0.2) is 5.96 Å². The topological polar surface area (TPSA) is 67.4 Å². The number of methoxy groups -OCH3 is 2. The van der Waals surface area contributed by atoms with Crippen LogP contribution in [0.5, 0.6) is 11.5 Å². The van der Waals surface area contributed by atoms with E-state index in [0.29, 0.717) is 6.04 Å². The number of nitrogens with zero attached hydrogens (tertiary/aromatic N) is 2. The van der Waals surface area contributed by atoms with Crippen LogP contribution in [-0.4, -0.2) is 65.1 Å². The van der Waals surface area contributed by atoms with Gasteiger partial charge in [0.05, 0.1) is 26.9 Å². The van der Waals surface area contributed by atoms with Crippen molar-refractivity contribution in [3.63, 3.8) is 0 Å². The summed E-state index contributed by atoms with van der Waals surface area (Å²) in [6, 6.07) is 6.48. The molecule has 1 aromatic rings. The molecule has 0 aromatic heterocycles. The Morgan fingerprint density at radius 2 is 1.83 bits per heavy atom. The first kappa shape index (κ1) is 23.9. The number of benzene rings is 1. The van der Waals surface area contributed by atoms with E-state index in [1.807, 2.05) is 6.07 Å². The Balaban J connectivity index is 0.00000300. The quantitative estimate of drug-likeness (QED) is 0.329. The molecule has 8 heteroatoms. The molecule has 0 bridgehead atoms. The van der Waals surface area contributed by atoms with E-state index in [9.17, 15) is 0 Å². The van der Waals surface area contributed by atoms with Crippen LogP contribution in [0.1, 0.15) is 32.6 Å². The van der Waals surface area contributed by atoms with Gasteiger partial charge in [-0.05, 0) is 32.6 Å². The van der Waals surface area contributed by atoms with Gasteiger partial charge in [-0.15, -0.1) is 24.0 Å². The van der Waals surface area contributed by atoms with Crippen molar-refractivity contribution in [1.82, 2.24) is 10.6 Å². The summed E-state index contributed by atoms with van der Waals surface area (Å²) in [5.41, 5.74) is 1.15. The summed E-state index contributed by atoms with van der Waals surface area (Å²) in [5.74, 6) is 2.55. The third-order valence-corrected chi connectivity index (χ3v) is 5.36. The molecular weight excluding hydrogens is 483 g/mol. The van der Waals surface area contributed by atoms with E-state index in [-0.39, 0.29) is 30.1 Å². The molecule has 0 radical (unpaired) electrons. The Morgan fingerprint density at radius 1 is 1.14 bits per heavy atom. The number of guanidine groups is 1. The highest BCUT2D eigenvalue weighted by atomic mass is 127. The van der Waals surface area contributed by atoms with Crippen molar-refractivity contribution in [3.05, 3.63) is 18.2 Å². The van der Waals surface area contributed by atoms with Crippen molar-refractivity contribution >= 4 is 35.6 Å². The molecule has 29 heavy (non-hydrogen) atoms. The van der Waals surface area contributed by atoms with Crippen LogP contribution >= 0.6 is 24.0 Å². The monoisotopic (exact) mass is 518 g/mol. The summed E-state index contributed by atoms with van der Waals surface area (Å²) in [7, 11) is 3.37. The Hall–Kier alpha value is -1.42. The largest absolute Gasteiger partial charge is 0.497 e. The van der Waals surface area contributed by atoms with Crippen LogP contribution < -0.4 is 25.0 Å². The zero-order valence-electron chi connectivity index (χ0n) is 17.8. The highest BCUT2D eigenvalue weighted by molar-refractivity contribution is 14.0. The number of ether oxygens (including phenoxy) is 3. The minimum atomic E-state index is 0. The summed E-state index contributed by atoms with van der Waals surface area (Å²) >= 11 is 0. The molecule has 2 heterocycles. The van der Waals surface area contributed by atoms with E-state index in [1.165, 1.54) is 0 Å². The Kier molecular flexibility index (Phi) is 10.1. The normalized spacial score (nSPS) is 20.2. The highest BCUT2D eigenvalue weighted by Crippen LogP contribution is 2.30. The first-order chi connectivity index (χ1) is 13.7. The Bertz CT molecular complexity index is 623. The van der Waals surface area contributed by atoms with Gasteiger partial charge in [-0.3, -0.25) is 4.99 Å². The van der Waals surface area contributed by atoms with Gasteiger partial charge in [0.1, 0.15) is 11.5 Å². The molecule has 2 aliphatic heterocycles. The van der Waals surface area contributed by atoms with E-state index < -0.39 is 0 Å². The number of piperidine rings is 1. The second-order valence-electron chi connectivity index (χ2n) is 7.33. The standard InChI is InChI=1S/C21H34N4O3.HI/c1-4-22-21(23-15-18-6-5-11-28-18)24-16-7-9-25(10-8-16)17-12-19(26-2)14-20(13-17)27-3;/h12-14,16,18H,4-11,15H2,1-3H3,(H2,22,23,24);1H. The molecule has 2 saturated heterocycles. The van der Waals surface area contributed by atoms with Crippen molar-refractivity contribution in [1.29, 1.82) is 0 Å². The molecule has 2 N–H and O–H groups in total. The van der Waals surface area contributed by atoms with Gasteiger partial charge in [0.2, 0.25) is 0 Å². The van der Waals surface area contributed by atoms with Gasteiger partial charge in [0, 0.05) is 56.2 Å². The molecule has 1 unspecified atom stereocenters. The van der Waals surface area contributed by atoms with Crippen molar-refractivity contribution < 1.29 is 14.2 Å². The van der Waals surface area contributed by atoms with Crippen LogP contribution in [0.25, 0.3) is 0 Å². The summed E-state index contributed by atoms with van der Waals surface area (Å²) in [5, 5.41) is 6.97. The van der Waals surface area contributed by atoms with Crippen LogP contribution in [-0.2, 0) is 4.74 Å². The second-order valence-corrected chi connectivity index (χ2v) is 7.33. The lowest BCUT2D eigenvalue weighted by Gasteiger charge is -2.35. The van der Waals surface area contributed by atoms with Gasteiger partial charge in [-0.2, -0.15) is 0 Å². The molecule has 7 nitrogen and oxygen atoms in total. The van der Waals surface area contributed by atoms with Gasteiger partial charge < -0.3 is 29.7 Å². The molecule has 164 valence electrons. The SMILES string of the molecule is CCNC(=NCC1CCCO1)NC1CCN(c2cc(OC)cc(OC)c2)CC1.I. The highest BCUT2D eigenvalue weighted by Gasteiger charge is 2.22. The maximum Gasteiger partial charge on any atom is 0.191 e. The summed E-state index contributed by atoms with van der Waals surface area (Å²) in [4.78, 5) is 7.12. The minimum absolute atomic E-state index is 0. The average molecular weight is 518 g/mol. The molecule has 0 spiro atoms. The summed E-state index contributed by atoms with van der Waals surface area (Å²) in [6.45, 7) is 6.54. The maximum absolute atomic E-state index is 5.68. The molecular formula is C21H35IN4O3. The van der Waals surface area contributed by atoms with E-state index in [2.05, 4.69) is 34.6 Å². The van der Waals surface area contributed by atoms with E-state index in [4.69, 9.17) is 19.2 Å². The first-order valence-corrected chi connectivity index (χ1v) is 10.4. The molecule has 0 saturated carbocycles. The van der Waals surface area contributed by atoms with Crippen molar-refractivity contribution in [3.8, 4) is 11.5 Å². The number of anilines is 1. The minimum Gasteiger partial charge on any atom is -0.497 e. The molecule has 1 atom stereocenters. The van der Waals surface area contributed by atoms with Gasteiger partial charge in [-0.25, -0.2) is 0 Å². The number of aliphatic imine (C=N–C) groups is 1. The van der Waals surface area contributed by atoms with Crippen LogP contribution in [0.3, 0.4) is 0 Å². The molecule has 3 rings (SSSR count). The van der Waals surface area contributed by atoms with Gasteiger partial charge in [-0.1, -0.05) is 0 Å². The zero-order valence-corrected chi connectivity index (χ0v) is 20.1. The van der Waals surface area contributed by atoms with E-state index in [1.54, 1.807) is 14.2 Å². The third-order valence-electron chi connectivity index (χ3n) is 5.36. The molecule has 1 aromatic carbocycles. The van der Waals surface area contributed by atoms with Crippen molar-refractivity contribution in [2.75, 3.05) is 51.9 Å². The Labute approximate surface area is 191 Å². The lowest BCUT2D eigenvalue weighted by molar-refractivity contribution is 0.117. The predicted molar refractivity (Wildman–Crippen MR) is 128 cm³/mol. The van der Waals surface area contributed by atoms with Crippen LogP contribution in [0.4, 0.5) is 5.69 Å². The van der Waals surface area contributed by atoms with Crippen LogP contribution in [0.15, 0.2) is 23.2 Å². The van der Waals surface area contributed by atoms with Gasteiger partial charge >= 0.3 is 0 Å². The number of nitrogens with one attached hydrogen (secondary N) is 2. The second kappa shape index (κ2) is 12.3. The Morgan fingerprint density at radius 3 is 2.38 bits per heavy atom. The number of rotatable bonds is 7. The predicted octanol–water partition coefficient (Wildman–Crippen LogP) is 3.02. The third kappa shape index (κ3) is 7.09. The van der Waals surface area contributed by atoms with Crippen LogP contribution in [0.2, 0.25) is 0 Å². The first-order valence-electron chi connectivity index (χ1n) is 10.4. The maximum atomic E-state index is 5.68. The smallest absolute Gasteiger partial charge is 0.191 e. The fraction of sp³-hybridized carbons (Fsp3) is 0.667. The number of halogens is 1. The van der Waals surface area contributed by atoms with Crippen molar-refractivity contribution in [2.24, 2.45) is 4.99 Å². The molecule has 0 aliphatic carbocycles. The fourth-order valence-electron chi connectivity index (χ4n) is 3.75. The van der Waals surface area contributed by atoms with E-state index >= 15 is 0 Å². The summed E-state index contributed by atoms with van der Waals surface area (Å²) < 4.78 is 16.5. The van der Waals surface area contributed by atoms with Crippen molar-refractivity contribution in [2.45, 2.75) is 44.8 Å². The van der Waals surface area contributed by atoms with Gasteiger partial charge in [0.25, 0.3) is 0 Å². The van der Waals surface area contributed by atoms with Crippen LogP contribution in [0, 0.1) is 0 Å². The summed E-state index contributed by atoms with van der Waals surface area (Å²) in [6.07, 6.45) is 4.66. The molecule has 2 aliphatic rings. The lowest BCUT2D eigenvalue weighted by atomic mass is 10.0. The number of hydrogen-bond acceptors (Lipinski definition) is 5. The lowest BCUT2D eigenvalue weighted by Crippen LogP contribution is -2.49. The molecule has 0 amide bonds. The number of hydrogen-bond donors (Lipinski definition) is 2.